The minimum atomic E-state index is -0.647. The van der Waals surface area contributed by atoms with Crippen LogP contribution >= 0.6 is 0 Å². The normalized spacial score (nSPS) is 10.0. The number of hydrogen-bond donors (Lipinski definition) is 2. The lowest BCUT2D eigenvalue weighted by Crippen LogP contribution is -2.21. The van der Waals surface area contributed by atoms with Crippen LogP contribution in [0.4, 0.5) is 11.5 Å². The standard InChI is InChI=1S/C15H15N3O5/c1-9-7-13(18-23-9)17-14(20)8-22-15(21)11-3-5-12(6-4-11)16-10(2)19/h3-7H,8H2,1-2H3,(H,16,19)(H,17,18,20). The molecule has 1 aromatic heterocycles. The van der Waals surface area contributed by atoms with Crippen LogP contribution < -0.4 is 10.6 Å². The first kappa shape index (κ1) is 16.2. The van der Waals surface area contributed by atoms with Crippen LogP contribution in [0.5, 0.6) is 0 Å². The second-order valence-corrected chi connectivity index (χ2v) is 4.71. The molecule has 2 rings (SSSR count). The Morgan fingerprint density at radius 2 is 1.87 bits per heavy atom. The molecule has 0 saturated carbocycles. The second kappa shape index (κ2) is 7.21. The third-order valence-corrected chi connectivity index (χ3v) is 2.67. The number of anilines is 2. The highest BCUT2D eigenvalue weighted by Crippen LogP contribution is 2.11. The number of aryl methyl sites for hydroxylation is 1. The van der Waals surface area contributed by atoms with E-state index in [1.54, 1.807) is 25.1 Å². The average molecular weight is 317 g/mol. The number of hydrogen-bond acceptors (Lipinski definition) is 6. The SMILES string of the molecule is CC(=O)Nc1ccc(C(=O)OCC(=O)Nc2cc(C)on2)cc1. The quantitative estimate of drug-likeness (QED) is 0.813. The molecule has 0 fully saturated rings. The summed E-state index contributed by atoms with van der Waals surface area (Å²) in [5, 5.41) is 8.60. The van der Waals surface area contributed by atoms with Crippen LogP contribution in [-0.4, -0.2) is 29.5 Å². The Morgan fingerprint density at radius 1 is 1.17 bits per heavy atom. The minimum absolute atomic E-state index is 0.208. The van der Waals surface area contributed by atoms with E-state index < -0.39 is 18.5 Å². The monoisotopic (exact) mass is 317 g/mol. The molecule has 0 spiro atoms. The number of amides is 2. The first-order valence-corrected chi connectivity index (χ1v) is 6.72. The summed E-state index contributed by atoms with van der Waals surface area (Å²) in [6, 6.07) is 7.66. The van der Waals surface area contributed by atoms with E-state index in [-0.39, 0.29) is 17.3 Å². The molecule has 1 heterocycles. The smallest absolute Gasteiger partial charge is 0.338 e. The number of carbonyl (C=O) groups excluding carboxylic acids is 3. The fourth-order valence-corrected chi connectivity index (χ4v) is 1.71. The summed E-state index contributed by atoms with van der Waals surface area (Å²) in [4.78, 5) is 34.3. The molecule has 2 amide bonds. The number of nitrogens with zero attached hydrogens (tertiary/aromatic N) is 1. The number of ether oxygens (including phenoxy) is 1. The van der Waals surface area contributed by atoms with Gasteiger partial charge in [0.1, 0.15) is 5.76 Å². The number of aromatic nitrogens is 1. The van der Waals surface area contributed by atoms with E-state index in [0.717, 1.165) is 0 Å². The van der Waals surface area contributed by atoms with Crippen LogP contribution in [0.3, 0.4) is 0 Å². The predicted molar refractivity (Wildman–Crippen MR) is 80.9 cm³/mol. The third-order valence-electron chi connectivity index (χ3n) is 2.67. The Labute approximate surface area is 131 Å². The summed E-state index contributed by atoms with van der Waals surface area (Å²) >= 11 is 0. The number of esters is 1. The Morgan fingerprint density at radius 3 is 2.43 bits per heavy atom. The summed E-state index contributed by atoms with van der Waals surface area (Å²) in [6.07, 6.45) is 0. The molecule has 1 aromatic carbocycles. The van der Waals surface area contributed by atoms with Gasteiger partial charge in [-0.15, -0.1) is 0 Å². The van der Waals surface area contributed by atoms with Crippen molar-refractivity contribution in [2.24, 2.45) is 0 Å². The highest BCUT2D eigenvalue weighted by atomic mass is 16.5. The van der Waals surface area contributed by atoms with Crippen molar-refractivity contribution in [2.45, 2.75) is 13.8 Å². The van der Waals surface area contributed by atoms with Gasteiger partial charge >= 0.3 is 5.97 Å². The van der Waals surface area contributed by atoms with Crippen molar-refractivity contribution < 1.29 is 23.6 Å². The molecular weight excluding hydrogens is 302 g/mol. The zero-order valence-electron chi connectivity index (χ0n) is 12.6. The van der Waals surface area contributed by atoms with Crippen LogP contribution in [0.25, 0.3) is 0 Å². The molecular formula is C15H15N3O5. The fourth-order valence-electron chi connectivity index (χ4n) is 1.71. The van der Waals surface area contributed by atoms with E-state index in [9.17, 15) is 14.4 Å². The molecule has 0 atom stereocenters. The highest BCUT2D eigenvalue weighted by molar-refractivity contribution is 5.95. The molecule has 2 N–H and O–H groups in total. The van der Waals surface area contributed by atoms with Crippen molar-refractivity contribution in [1.29, 1.82) is 0 Å². The summed E-state index contributed by atoms with van der Waals surface area (Å²) in [6.45, 7) is 2.63. The summed E-state index contributed by atoms with van der Waals surface area (Å²) in [5.74, 6) is -0.577. The maximum Gasteiger partial charge on any atom is 0.338 e. The van der Waals surface area contributed by atoms with Gasteiger partial charge in [-0.3, -0.25) is 9.59 Å². The zero-order chi connectivity index (χ0) is 16.8. The van der Waals surface area contributed by atoms with Gasteiger partial charge < -0.3 is 19.9 Å². The lowest BCUT2D eigenvalue weighted by atomic mass is 10.2. The molecule has 0 radical (unpaired) electrons. The van der Waals surface area contributed by atoms with Gasteiger partial charge in [-0.05, 0) is 31.2 Å². The predicted octanol–water partition coefficient (Wildman–Crippen LogP) is 1.74. The van der Waals surface area contributed by atoms with Gasteiger partial charge in [0.2, 0.25) is 5.91 Å². The summed E-state index contributed by atoms with van der Waals surface area (Å²) in [5.41, 5.74) is 0.831. The van der Waals surface area contributed by atoms with Crippen LogP contribution in [0.2, 0.25) is 0 Å². The largest absolute Gasteiger partial charge is 0.452 e. The summed E-state index contributed by atoms with van der Waals surface area (Å²) in [7, 11) is 0. The molecule has 0 bridgehead atoms. The molecule has 8 heteroatoms. The zero-order valence-corrected chi connectivity index (χ0v) is 12.6. The van der Waals surface area contributed by atoms with E-state index in [1.165, 1.54) is 19.1 Å². The van der Waals surface area contributed by atoms with E-state index in [4.69, 9.17) is 9.26 Å². The van der Waals surface area contributed by atoms with Crippen molar-refractivity contribution in [3.63, 3.8) is 0 Å². The second-order valence-electron chi connectivity index (χ2n) is 4.71. The van der Waals surface area contributed by atoms with E-state index in [0.29, 0.717) is 11.4 Å². The molecule has 2 aromatic rings. The summed E-state index contributed by atoms with van der Waals surface area (Å²) < 4.78 is 9.69. The minimum Gasteiger partial charge on any atom is -0.452 e. The number of benzene rings is 1. The lowest BCUT2D eigenvalue weighted by molar-refractivity contribution is -0.119. The van der Waals surface area contributed by atoms with E-state index in [1.807, 2.05) is 0 Å². The van der Waals surface area contributed by atoms with Crippen LogP contribution in [0.15, 0.2) is 34.9 Å². The number of carbonyl (C=O) groups is 3. The van der Waals surface area contributed by atoms with Gasteiger partial charge in [0, 0.05) is 18.7 Å². The van der Waals surface area contributed by atoms with Crippen molar-refractivity contribution in [3.05, 3.63) is 41.7 Å². The maximum atomic E-state index is 11.8. The van der Waals surface area contributed by atoms with Crippen molar-refractivity contribution >= 4 is 29.3 Å². The molecule has 0 saturated heterocycles. The Kier molecular flexibility index (Phi) is 5.08. The molecule has 0 unspecified atom stereocenters. The molecule has 0 aliphatic rings. The molecule has 0 aliphatic carbocycles. The van der Waals surface area contributed by atoms with E-state index >= 15 is 0 Å². The van der Waals surface area contributed by atoms with Gasteiger partial charge in [-0.2, -0.15) is 0 Å². The average Bonchev–Trinajstić information content (AvgIpc) is 2.90. The van der Waals surface area contributed by atoms with Gasteiger partial charge in [0.05, 0.1) is 5.56 Å². The van der Waals surface area contributed by atoms with Crippen LogP contribution in [-0.2, 0) is 14.3 Å². The van der Waals surface area contributed by atoms with Crippen molar-refractivity contribution in [1.82, 2.24) is 5.16 Å². The van der Waals surface area contributed by atoms with Crippen LogP contribution in [0.1, 0.15) is 23.0 Å². The van der Waals surface area contributed by atoms with E-state index in [2.05, 4.69) is 15.8 Å². The third kappa shape index (κ3) is 4.95. The number of rotatable bonds is 5. The van der Waals surface area contributed by atoms with Gasteiger partial charge in [0.25, 0.3) is 5.91 Å². The van der Waals surface area contributed by atoms with Crippen molar-refractivity contribution in [3.8, 4) is 0 Å². The van der Waals surface area contributed by atoms with Gasteiger partial charge in [0.15, 0.2) is 12.4 Å². The van der Waals surface area contributed by atoms with Crippen LogP contribution in [0, 0.1) is 6.92 Å². The molecule has 23 heavy (non-hydrogen) atoms. The first-order valence-electron chi connectivity index (χ1n) is 6.72. The molecule has 120 valence electrons. The molecule has 8 nitrogen and oxygen atoms in total. The highest BCUT2D eigenvalue weighted by Gasteiger charge is 2.11. The van der Waals surface area contributed by atoms with Gasteiger partial charge in [-0.1, -0.05) is 5.16 Å². The maximum absolute atomic E-state index is 11.8. The Bertz CT molecular complexity index is 721. The lowest BCUT2D eigenvalue weighted by Gasteiger charge is -2.06. The van der Waals surface area contributed by atoms with Gasteiger partial charge in [-0.25, -0.2) is 4.79 Å². The Hall–Kier alpha value is -3.16. The first-order chi connectivity index (χ1) is 10.9. The number of nitrogens with one attached hydrogen (secondary N) is 2. The fraction of sp³-hybridized carbons (Fsp3) is 0.200. The molecule has 0 aliphatic heterocycles. The Balaban J connectivity index is 1.84. The van der Waals surface area contributed by atoms with Crippen molar-refractivity contribution in [2.75, 3.05) is 17.2 Å². The topological polar surface area (TPSA) is 111 Å².